The molecule has 0 aromatic heterocycles. The maximum atomic E-state index is 10.8. The van der Waals surface area contributed by atoms with Crippen LogP contribution < -0.4 is 4.90 Å². The van der Waals surface area contributed by atoms with Crippen LogP contribution in [0.2, 0.25) is 0 Å². The van der Waals surface area contributed by atoms with Gasteiger partial charge in [0.15, 0.2) is 0 Å². The van der Waals surface area contributed by atoms with E-state index in [-0.39, 0.29) is 0 Å². The minimum absolute atomic E-state index is 0.788. The van der Waals surface area contributed by atoms with E-state index in [1.807, 2.05) is 12.1 Å². The van der Waals surface area contributed by atoms with Crippen molar-refractivity contribution in [1.82, 2.24) is 0 Å². The van der Waals surface area contributed by atoms with Crippen molar-refractivity contribution in [3.8, 4) is 0 Å². The number of benzene rings is 1. The van der Waals surface area contributed by atoms with Crippen LogP contribution in [0.1, 0.15) is 40.7 Å². The number of rotatable bonds is 2. The Balaban J connectivity index is 2.35. The highest BCUT2D eigenvalue weighted by Gasteiger charge is 2.15. The summed E-state index contributed by atoms with van der Waals surface area (Å²) in [7, 11) is 0. The van der Waals surface area contributed by atoms with Crippen LogP contribution in [0.5, 0.6) is 0 Å². The van der Waals surface area contributed by atoms with Gasteiger partial charge < -0.3 is 4.90 Å². The molecule has 0 N–H and O–H groups in total. The molecule has 0 radical (unpaired) electrons. The summed E-state index contributed by atoms with van der Waals surface area (Å²) in [6, 6.07) is 3.98. The molecule has 1 aliphatic rings. The molecule has 0 aliphatic carbocycles. The first-order chi connectivity index (χ1) is 7.72. The molecule has 86 valence electrons. The van der Waals surface area contributed by atoms with E-state index < -0.39 is 0 Å². The maximum Gasteiger partial charge on any atom is 0.150 e. The van der Waals surface area contributed by atoms with Gasteiger partial charge in [0.2, 0.25) is 0 Å². The summed E-state index contributed by atoms with van der Waals surface area (Å²) in [6.45, 7) is 6.51. The molecule has 2 nitrogen and oxygen atoms in total. The van der Waals surface area contributed by atoms with Crippen LogP contribution in [0.3, 0.4) is 0 Å². The van der Waals surface area contributed by atoms with Gasteiger partial charge in [-0.3, -0.25) is 4.79 Å². The normalized spacial score (nSPS) is 16.2. The molecular formula is C14H19NO. The van der Waals surface area contributed by atoms with Crippen molar-refractivity contribution in [2.45, 2.75) is 33.1 Å². The first kappa shape index (κ1) is 11.2. The molecule has 16 heavy (non-hydrogen) atoms. The molecule has 2 heteroatoms. The third-order valence-electron chi connectivity index (χ3n) is 3.32. The van der Waals surface area contributed by atoms with Crippen LogP contribution in [0.15, 0.2) is 12.1 Å². The largest absolute Gasteiger partial charge is 0.371 e. The summed E-state index contributed by atoms with van der Waals surface area (Å²) >= 11 is 0. The van der Waals surface area contributed by atoms with E-state index in [2.05, 4.69) is 18.7 Å². The lowest BCUT2D eigenvalue weighted by molar-refractivity contribution is 0.112. The highest BCUT2D eigenvalue weighted by molar-refractivity contribution is 5.78. The zero-order valence-electron chi connectivity index (χ0n) is 10.1. The van der Waals surface area contributed by atoms with Gasteiger partial charge in [-0.1, -0.05) is 0 Å². The molecule has 0 atom stereocenters. The highest BCUT2D eigenvalue weighted by atomic mass is 16.1. The highest BCUT2D eigenvalue weighted by Crippen LogP contribution is 2.28. The number of carbonyl (C=O) groups is 1. The second-order valence-corrected chi connectivity index (χ2v) is 4.67. The zero-order valence-corrected chi connectivity index (χ0v) is 10.1. The second kappa shape index (κ2) is 4.69. The van der Waals surface area contributed by atoms with Crippen molar-refractivity contribution in [3.05, 3.63) is 28.8 Å². The van der Waals surface area contributed by atoms with E-state index in [4.69, 9.17) is 0 Å². The van der Waals surface area contributed by atoms with Crippen molar-refractivity contribution < 1.29 is 4.79 Å². The van der Waals surface area contributed by atoms with Crippen LogP contribution in [-0.2, 0) is 0 Å². The molecule has 1 aromatic carbocycles. The molecule has 2 rings (SSSR count). The van der Waals surface area contributed by atoms with Crippen molar-refractivity contribution in [3.63, 3.8) is 0 Å². The predicted octanol–water partition coefficient (Wildman–Crippen LogP) is 3.11. The first-order valence-electron chi connectivity index (χ1n) is 6.04. The van der Waals surface area contributed by atoms with Crippen molar-refractivity contribution in [2.75, 3.05) is 18.0 Å². The Morgan fingerprint density at radius 1 is 1.06 bits per heavy atom. The van der Waals surface area contributed by atoms with E-state index >= 15 is 0 Å². The molecule has 1 fully saturated rings. The van der Waals surface area contributed by atoms with Crippen molar-refractivity contribution in [2.24, 2.45) is 0 Å². The lowest BCUT2D eigenvalue weighted by atomic mass is 10.0. The Hall–Kier alpha value is -1.31. The molecule has 1 aliphatic heterocycles. The standard InChI is InChI=1S/C14H19NO/c1-11-8-13(10-16)9-12(2)14(11)15-6-4-3-5-7-15/h8-10H,3-7H2,1-2H3. The smallest absolute Gasteiger partial charge is 0.150 e. The molecule has 1 saturated heterocycles. The molecular weight excluding hydrogens is 198 g/mol. The van der Waals surface area contributed by atoms with Gasteiger partial charge in [-0.05, 0) is 56.4 Å². The lowest BCUT2D eigenvalue weighted by Crippen LogP contribution is -2.30. The van der Waals surface area contributed by atoms with Gasteiger partial charge >= 0.3 is 0 Å². The van der Waals surface area contributed by atoms with Crippen LogP contribution in [0.25, 0.3) is 0 Å². The summed E-state index contributed by atoms with van der Waals surface area (Å²) in [6.07, 6.45) is 4.85. The number of piperidine rings is 1. The fourth-order valence-corrected chi connectivity index (χ4v) is 2.67. The Kier molecular flexibility index (Phi) is 3.28. The van der Waals surface area contributed by atoms with Crippen molar-refractivity contribution in [1.29, 1.82) is 0 Å². The van der Waals surface area contributed by atoms with Gasteiger partial charge in [0, 0.05) is 24.3 Å². The number of hydrogen-bond acceptors (Lipinski definition) is 2. The van der Waals surface area contributed by atoms with Crippen LogP contribution in [0.4, 0.5) is 5.69 Å². The minimum Gasteiger partial charge on any atom is -0.371 e. The van der Waals surface area contributed by atoms with Gasteiger partial charge in [-0.15, -0.1) is 0 Å². The van der Waals surface area contributed by atoms with Gasteiger partial charge in [0.1, 0.15) is 6.29 Å². The van der Waals surface area contributed by atoms with E-state index in [1.165, 1.54) is 36.1 Å². The number of aryl methyl sites for hydroxylation is 2. The fraction of sp³-hybridized carbons (Fsp3) is 0.500. The molecule has 1 aromatic rings. The minimum atomic E-state index is 0.788. The van der Waals surface area contributed by atoms with E-state index in [1.54, 1.807) is 0 Å². The number of anilines is 1. The molecule has 0 unspecified atom stereocenters. The predicted molar refractivity (Wildman–Crippen MR) is 67.4 cm³/mol. The van der Waals surface area contributed by atoms with Gasteiger partial charge in [-0.25, -0.2) is 0 Å². The summed E-state index contributed by atoms with van der Waals surface area (Å²) in [5.74, 6) is 0. The van der Waals surface area contributed by atoms with Gasteiger partial charge in [0.05, 0.1) is 0 Å². The second-order valence-electron chi connectivity index (χ2n) is 4.67. The Bertz CT molecular complexity index is 369. The van der Waals surface area contributed by atoms with Gasteiger partial charge in [-0.2, -0.15) is 0 Å². The zero-order chi connectivity index (χ0) is 11.5. The lowest BCUT2D eigenvalue weighted by Gasteiger charge is -2.31. The fourth-order valence-electron chi connectivity index (χ4n) is 2.67. The molecule has 1 heterocycles. The molecule has 0 saturated carbocycles. The third-order valence-corrected chi connectivity index (χ3v) is 3.32. The Morgan fingerprint density at radius 2 is 1.62 bits per heavy atom. The van der Waals surface area contributed by atoms with E-state index in [9.17, 15) is 4.79 Å². The number of hydrogen-bond donors (Lipinski definition) is 0. The van der Waals surface area contributed by atoms with Crippen LogP contribution in [-0.4, -0.2) is 19.4 Å². The van der Waals surface area contributed by atoms with E-state index in [0.29, 0.717) is 0 Å². The van der Waals surface area contributed by atoms with E-state index in [0.717, 1.165) is 24.9 Å². The summed E-state index contributed by atoms with van der Waals surface area (Å²) in [5.41, 5.74) is 4.58. The third kappa shape index (κ3) is 2.11. The molecule has 0 spiro atoms. The average molecular weight is 217 g/mol. The number of aldehydes is 1. The quantitative estimate of drug-likeness (QED) is 0.709. The van der Waals surface area contributed by atoms with Crippen LogP contribution >= 0.6 is 0 Å². The number of nitrogens with zero attached hydrogens (tertiary/aromatic N) is 1. The summed E-state index contributed by atoms with van der Waals surface area (Å²) in [4.78, 5) is 13.2. The molecule has 0 amide bonds. The van der Waals surface area contributed by atoms with Crippen LogP contribution in [0, 0.1) is 13.8 Å². The summed E-state index contributed by atoms with van der Waals surface area (Å²) < 4.78 is 0. The average Bonchev–Trinajstić information content (AvgIpc) is 2.29. The summed E-state index contributed by atoms with van der Waals surface area (Å²) in [5, 5.41) is 0. The first-order valence-corrected chi connectivity index (χ1v) is 6.04. The molecule has 0 bridgehead atoms. The topological polar surface area (TPSA) is 20.3 Å². The Morgan fingerprint density at radius 3 is 2.12 bits per heavy atom. The SMILES string of the molecule is Cc1cc(C=O)cc(C)c1N1CCCCC1. The Labute approximate surface area is 97.3 Å². The van der Waals surface area contributed by atoms with Crippen molar-refractivity contribution >= 4 is 12.0 Å². The monoisotopic (exact) mass is 217 g/mol. The maximum absolute atomic E-state index is 10.8. The number of carbonyl (C=O) groups excluding carboxylic acids is 1. The van der Waals surface area contributed by atoms with Gasteiger partial charge in [0.25, 0.3) is 0 Å².